The molecule has 1 aromatic carbocycles. The van der Waals surface area contributed by atoms with Crippen molar-refractivity contribution < 1.29 is 19.4 Å². The monoisotopic (exact) mass is 280 g/mol. The van der Waals surface area contributed by atoms with E-state index in [9.17, 15) is 9.59 Å². The van der Waals surface area contributed by atoms with E-state index in [4.69, 9.17) is 9.84 Å². The van der Waals surface area contributed by atoms with Crippen LogP contribution in [0, 0.1) is 0 Å². The Morgan fingerprint density at radius 2 is 2.15 bits per heavy atom. The molecule has 1 rings (SSSR count). The average molecular weight is 280 g/mol. The minimum absolute atomic E-state index is 0.0896. The molecule has 0 saturated carbocycles. The number of aliphatic carboxylic acids is 1. The van der Waals surface area contributed by atoms with E-state index < -0.39 is 12.0 Å². The molecule has 0 aliphatic carbocycles. The normalized spacial score (nSPS) is 11.7. The number of ether oxygens (including phenoxy) is 1. The lowest BCUT2D eigenvalue weighted by Gasteiger charge is -2.15. The van der Waals surface area contributed by atoms with Gasteiger partial charge in [0, 0.05) is 18.8 Å². The van der Waals surface area contributed by atoms with E-state index in [0.29, 0.717) is 18.7 Å². The fraction of sp³-hybridized carbons (Fsp3) is 0.429. The van der Waals surface area contributed by atoms with Crippen LogP contribution < -0.4 is 10.6 Å². The summed E-state index contributed by atoms with van der Waals surface area (Å²) in [5.41, 5.74) is 1.59. The lowest BCUT2D eigenvalue weighted by atomic mass is 10.1. The van der Waals surface area contributed by atoms with Gasteiger partial charge >= 0.3 is 12.0 Å². The molecule has 2 amide bonds. The van der Waals surface area contributed by atoms with Gasteiger partial charge in [-0.2, -0.15) is 0 Å². The fourth-order valence-electron chi connectivity index (χ4n) is 1.77. The van der Waals surface area contributed by atoms with Gasteiger partial charge in [0.1, 0.15) is 0 Å². The number of nitrogens with one attached hydrogen (secondary N) is 2. The smallest absolute Gasteiger partial charge is 0.319 e. The summed E-state index contributed by atoms with van der Waals surface area (Å²) in [6, 6.07) is 6.49. The minimum atomic E-state index is -0.931. The number of anilines is 1. The van der Waals surface area contributed by atoms with Crippen LogP contribution in [0.5, 0.6) is 0 Å². The Morgan fingerprint density at radius 3 is 2.75 bits per heavy atom. The Hall–Kier alpha value is -2.08. The molecule has 20 heavy (non-hydrogen) atoms. The maximum Gasteiger partial charge on any atom is 0.319 e. The number of carboxylic acid groups (broad SMARTS) is 1. The van der Waals surface area contributed by atoms with Crippen molar-refractivity contribution in [3.63, 3.8) is 0 Å². The molecule has 0 saturated heterocycles. The number of rotatable bonds is 7. The number of methoxy groups -OCH3 is 1. The molecule has 1 unspecified atom stereocenters. The van der Waals surface area contributed by atoms with Crippen molar-refractivity contribution in [3.05, 3.63) is 29.8 Å². The van der Waals surface area contributed by atoms with E-state index in [1.807, 2.05) is 19.1 Å². The first kappa shape index (κ1) is 16.0. The Kier molecular flexibility index (Phi) is 6.52. The van der Waals surface area contributed by atoms with Gasteiger partial charge < -0.3 is 20.5 Å². The van der Waals surface area contributed by atoms with Crippen LogP contribution in [0.4, 0.5) is 10.5 Å². The van der Waals surface area contributed by atoms with E-state index in [1.54, 1.807) is 19.2 Å². The predicted octanol–water partition coefficient (Wildman–Crippen LogP) is 2.21. The summed E-state index contributed by atoms with van der Waals surface area (Å²) in [6.07, 6.45) is 0.469. The zero-order valence-corrected chi connectivity index (χ0v) is 11.7. The average Bonchev–Trinajstić information content (AvgIpc) is 2.38. The van der Waals surface area contributed by atoms with E-state index >= 15 is 0 Å². The molecule has 0 bridgehead atoms. The lowest BCUT2D eigenvalue weighted by molar-refractivity contribution is -0.137. The van der Waals surface area contributed by atoms with Crippen molar-refractivity contribution in [2.24, 2.45) is 0 Å². The van der Waals surface area contributed by atoms with Crippen LogP contribution in [-0.4, -0.2) is 30.3 Å². The molecule has 3 N–H and O–H groups in total. The maximum absolute atomic E-state index is 11.8. The molecular weight excluding hydrogens is 260 g/mol. The highest BCUT2D eigenvalue weighted by atomic mass is 16.5. The summed E-state index contributed by atoms with van der Waals surface area (Å²) < 4.78 is 5.02. The van der Waals surface area contributed by atoms with Crippen LogP contribution >= 0.6 is 0 Å². The second-order valence-electron chi connectivity index (χ2n) is 4.43. The van der Waals surface area contributed by atoms with Gasteiger partial charge in [-0.05, 0) is 24.1 Å². The highest BCUT2D eigenvalue weighted by molar-refractivity contribution is 5.89. The molecule has 0 radical (unpaired) electrons. The Labute approximate surface area is 118 Å². The summed E-state index contributed by atoms with van der Waals surface area (Å²) >= 11 is 0. The predicted molar refractivity (Wildman–Crippen MR) is 75.6 cm³/mol. The van der Waals surface area contributed by atoms with Gasteiger partial charge in [0.15, 0.2) is 0 Å². The number of carboxylic acids is 1. The molecule has 1 atom stereocenters. The zero-order chi connectivity index (χ0) is 15.0. The molecule has 0 spiro atoms. The van der Waals surface area contributed by atoms with Crippen molar-refractivity contribution in [1.82, 2.24) is 5.32 Å². The molecule has 0 aliphatic rings. The summed E-state index contributed by atoms with van der Waals surface area (Å²) in [4.78, 5) is 22.4. The Balaban J connectivity index is 2.56. The summed E-state index contributed by atoms with van der Waals surface area (Å²) in [7, 11) is 1.60. The molecule has 6 nitrogen and oxygen atoms in total. The third kappa shape index (κ3) is 5.71. The highest BCUT2D eigenvalue weighted by Crippen LogP contribution is 2.11. The van der Waals surface area contributed by atoms with Gasteiger partial charge in [-0.25, -0.2) is 4.79 Å². The zero-order valence-electron chi connectivity index (χ0n) is 11.7. The molecule has 0 aromatic heterocycles. The van der Waals surface area contributed by atoms with Crippen LogP contribution in [0.15, 0.2) is 24.3 Å². The number of urea groups is 1. The summed E-state index contributed by atoms with van der Waals surface area (Å²) in [5, 5.41) is 14.0. The third-order valence-corrected chi connectivity index (χ3v) is 2.74. The first-order valence-corrected chi connectivity index (χ1v) is 6.42. The van der Waals surface area contributed by atoms with Gasteiger partial charge in [-0.1, -0.05) is 19.1 Å². The van der Waals surface area contributed by atoms with Crippen LogP contribution in [0.1, 0.15) is 25.3 Å². The van der Waals surface area contributed by atoms with E-state index in [-0.39, 0.29) is 12.5 Å². The van der Waals surface area contributed by atoms with Crippen molar-refractivity contribution in [1.29, 1.82) is 0 Å². The molecule has 110 valence electrons. The second kappa shape index (κ2) is 8.16. The van der Waals surface area contributed by atoms with Gasteiger partial charge in [-0.3, -0.25) is 4.79 Å². The highest BCUT2D eigenvalue weighted by Gasteiger charge is 2.13. The Bertz CT molecular complexity index is 462. The molecule has 1 aromatic rings. The number of hydrogen-bond donors (Lipinski definition) is 3. The summed E-state index contributed by atoms with van der Waals surface area (Å²) in [5.74, 6) is -0.931. The van der Waals surface area contributed by atoms with Crippen molar-refractivity contribution in [3.8, 4) is 0 Å². The van der Waals surface area contributed by atoms with E-state index in [0.717, 1.165) is 5.56 Å². The van der Waals surface area contributed by atoms with Crippen molar-refractivity contribution >= 4 is 17.7 Å². The summed E-state index contributed by atoms with van der Waals surface area (Å²) in [6.45, 7) is 2.29. The van der Waals surface area contributed by atoms with Crippen LogP contribution in [0.25, 0.3) is 0 Å². The molecule has 0 aliphatic heterocycles. The number of carbonyl (C=O) groups excluding carboxylic acids is 1. The quantitative estimate of drug-likeness (QED) is 0.714. The Morgan fingerprint density at radius 1 is 1.40 bits per heavy atom. The van der Waals surface area contributed by atoms with Crippen molar-refractivity contribution in [2.45, 2.75) is 32.4 Å². The third-order valence-electron chi connectivity index (χ3n) is 2.74. The van der Waals surface area contributed by atoms with Gasteiger partial charge in [0.2, 0.25) is 0 Å². The molecule has 6 heteroatoms. The molecular formula is C14H20N2O4. The fourth-order valence-corrected chi connectivity index (χ4v) is 1.77. The standard InChI is InChI=1S/C14H20N2O4/c1-3-11(8-13(17)18)15-14(19)16-12-6-4-5-10(7-12)9-20-2/h4-7,11H,3,8-9H2,1-2H3,(H,17,18)(H2,15,16,19). The van der Waals surface area contributed by atoms with Crippen LogP contribution in [-0.2, 0) is 16.1 Å². The lowest BCUT2D eigenvalue weighted by Crippen LogP contribution is -2.38. The number of carbonyl (C=O) groups is 2. The van der Waals surface area contributed by atoms with Crippen molar-refractivity contribution in [2.75, 3.05) is 12.4 Å². The van der Waals surface area contributed by atoms with Gasteiger partial charge in [0.25, 0.3) is 0 Å². The minimum Gasteiger partial charge on any atom is -0.481 e. The second-order valence-corrected chi connectivity index (χ2v) is 4.43. The first-order valence-electron chi connectivity index (χ1n) is 6.42. The van der Waals surface area contributed by atoms with Crippen LogP contribution in [0.3, 0.4) is 0 Å². The van der Waals surface area contributed by atoms with E-state index in [1.165, 1.54) is 0 Å². The van der Waals surface area contributed by atoms with Gasteiger partial charge in [-0.15, -0.1) is 0 Å². The molecule has 0 fully saturated rings. The number of hydrogen-bond acceptors (Lipinski definition) is 3. The largest absolute Gasteiger partial charge is 0.481 e. The van der Waals surface area contributed by atoms with E-state index in [2.05, 4.69) is 10.6 Å². The topological polar surface area (TPSA) is 87.7 Å². The number of benzene rings is 1. The number of amides is 2. The van der Waals surface area contributed by atoms with Crippen LogP contribution in [0.2, 0.25) is 0 Å². The maximum atomic E-state index is 11.8. The first-order chi connectivity index (χ1) is 9.55. The molecule has 0 heterocycles. The SMILES string of the molecule is CCC(CC(=O)O)NC(=O)Nc1cccc(COC)c1. The van der Waals surface area contributed by atoms with Gasteiger partial charge in [0.05, 0.1) is 13.0 Å².